The van der Waals surface area contributed by atoms with Crippen molar-refractivity contribution >= 4 is 35.4 Å². The first-order chi connectivity index (χ1) is 44.0. The maximum absolute atomic E-state index is 12.6. The summed E-state index contributed by atoms with van der Waals surface area (Å²) < 4.78 is 0. The van der Waals surface area contributed by atoms with E-state index >= 15 is 0 Å². The van der Waals surface area contributed by atoms with E-state index in [1.807, 2.05) is 47.2 Å². The molecule has 6 atom stereocenters. The Labute approximate surface area is 574 Å². The summed E-state index contributed by atoms with van der Waals surface area (Å²) in [5.74, 6) is 2.29. The van der Waals surface area contributed by atoms with Gasteiger partial charge in [-0.2, -0.15) is 0 Å². The number of hydrogen-bond acceptors (Lipinski definition) is 12. The van der Waals surface area contributed by atoms with Crippen LogP contribution in [0, 0.1) is 38.4 Å². The van der Waals surface area contributed by atoms with Gasteiger partial charge in [0.1, 0.15) is 0 Å². The van der Waals surface area contributed by atoms with E-state index in [0.717, 1.165) is 123 Å². The first-order valence-electron chi connectivity index (χ1n) is 37.9. The van der Waals surface area contributed by atoms with E-state index in [-0.39, 0.29) is 80.6 Å². The molecular formula is C76H144N12O6. The van der Waals surface area contributed by atoms with Gasteiger partial charge >= 0.3 is 0 Å². The van der Waals surface area contributed by atoms with Gasteiger partial charge in [-0.1, -0.05) is 129 Å². The lowest BCUT2D eigenvalue weighted by Gasteiger charge is -2.41. The van der Waals surface area contributed by atoms with Gasteiger partial charge in [-0.15, -0.1) is 0 Å². The Morgan fingerprint density at radius 3 is 0.862 bits per heavy atom. The number of likely N-dealkylation sites (tertiary alicyclic amines) is 5. The molecule has 18 nitrogen and oxygen atoms in total. The predicted octanol–water partition coefficient (Wildman–Crippen LogP) is 10.3. The van der Waals surface area contributed by atoms with Crippen LogP contribution in [0.5, 0.6) is 0 Å². The molecule has 4 aliphatic carbocycles. The molecule has 0 aromatic carbocycles. The maximum atomic E-state index is 12.6. The molecule has 0 radical (unpaired) electrons. The molecule has 544 valence electrons. The second-order valence-corrected chi connectivity index (χ2v) is 35.5. The fraction of sp³-hybridized carbons (Fsp3) is 0.921. The van der Waals surface area contributed by atoms with Crippen molar-refractivity contribution < 1.29 is 28.8 Å². The third-order valence-electron chi connectivity index (χ3n) is 22.6. The van der Waals surface area contributed by atoms with Gasteiger partial charge in [0, 0.05) is 70.0 Å². The Bertz CT molecular complexity index is 2360. The van der Waals surface area contributed by atoms with Gasteiger partial charge in [-0.05, 0) is 216 Å². The van der Waals surface area contributed by atoms with E-state index in [1.165, 1.54) is 89.9 Å². The lowest BCUT2D eigenvalue weighted by molar-refractivity contribution is -0.138. The molecule has 6 unspecified atom stereocenters. The van der Waals surface area contributed by atoms with Crippen molar-refractivity contribution in [3.8, 4) is 0 Å². The molecule has 0 bridgehead atoms. The minimum Gasteiger partial charge on any atom is -0.354 e. The van der Waals surface area contributed by atoms with Crippen molar-refractivity contribution in [3.63, 3.8) is 0 Å². The van der Waals surface area contributed by atoms with Crippen LogP contribution in [-0.4, -0.2) is 208 Å². The highest BCUT2D eigenvalue weighted by Gasteiger charge is 2.44. The average Bonchev–Trinajstić information content (AvgIpc) is 1.66. The molecule has 0 aromatic rings. The van der Waals surface area contributed by atoms with Crippen LogP contribution < -0.4 is 37.2 Å². The van der Waals surface area contributed by atoms with Crippen LogP contribution in [0.2, 0.25) is 0 Å². The lowest BCUT2D eigenvalue weighted by Crippen LogP contribution is -2.52. The molecule has 10 fully saturated rings. The van der Waals surface area contributed by atoms with Crippen molar-refractivity contribution in [1.82, 2.24) is 61.7 Å². The SMILES string of the molecule is CNC1CCC(C)(C)CN(C2CC2)C1=O.CNC1CCC(C)(C)CN(C2CCC2)C1=O.CNC1CCC(C)(C)CN(C2CCCC2)C1=O.CNC1CCC(C)(C)CN(C2CCCCC2)C1=O.CNC1CCC(C)(C)CN(CC(C)C)C1=O.CNC1CCC(C)(C)CNC1=O. The van der Waals surface area contributed by atoms with Crippen molar-refractivity contribution in [2.75, 3.05) is 88.1 Å². The van der Waals surface area contributed by atoms with Crippen molar-refractivity contribution in [3.05, 3.63) is 0 Å². The largest absolute Gasteiger partial charge is 0.354 e. The van der Waals surface area contributed by atoms with Crippen molar-refractivity contribution in [2.45, 2.75) is 324 Å². The summed E-state index contributed by atoms with van der Waals surface area (Å²) in [6, 6.07) is 2.27. The van der Waals surface area contributed by atoms with Crippen LogP contribution in [0.3, 0.4) is 0 Å². The molecule has 0 spiro atoms. The summed E-state index contributed by atoms with van der Waals surface area (Å²) in [5.41, 5.74) is 1.58. The monoisotopic (exact) mass is 1320 g/mol. The third-order valence-corrected chi connectivity index (χ3v) is 22.6. The second kappa shape index (κ2) is 36.6. The third kappa shape index (κ3) is 25.4. The number of likely N-dealkylation sites (N-methyl/N-ethyl adjacent to an activating group) is 6. The van der Waals surface area contributed by atoms with Gasteiger partial charge in [-0.3, -0.25) is 28.8 Å². The molecule has 6 heterocycles. The number of carbonyl (C=O) groups is 6. The van der Waals surface area contributed by atoms with Crippen molar-refractivity contribution in [2.24, 2.45) is 38.4 Å². The van der Waals surface area contributed by atoms with Crippen LogP contribution in [-0.2, 0) is 28.8 Å². The van der Waals surface area contributed by atoms with Gasteiger partial charge in [0.05, 0.1) is 36.3 Å². The lowest BCUT2D eigenvalue weighted by atomic mass is 9.85. The first kappa shape index (κ1) is 81.3. The Morgan fingerprint density at radius 1 is 0.330 bits per heavy atom. The molecule has 10 rings (SSSR count). The normalized spacial score (nSPS) is 29.8. The Hall–Kier alpha value is -3.42. The van der Waals surface area contributed by atoms with E-state index in [0.29, 0.717) is 53.7 Å². The number of nitrogens with zero attached hydrogens (tertiary/aromatic N) is 5. The highest BCUT2D eigenvalue weighted by Crippen LogP contribution is 2.39. The smallest absolute Gasteiger partial charge is 0.239 e. The highest BCUT2D eigenvalue weighted by molar-refractivity contribution is 5.85. The second-order valence-electron chi connectivity index (χ2n) is 35.5. The van der Waals surface area contributed by atoms with Crippen LogP contribution >= 0.6 is 0 Å². The molecule has 94 heavy (non-hydrogen) atoms. The zero-order valence-electron chi connectivity index (χ0n) is 63.9. The first-order valence-corrected chi connectivity index (χ1v) is 37.9. The highest BCUT2D eigenvalue weighted by atomic mass is 16.2. The van der Waals surface area contributed by atoms with Gasteiger partial charge in [-0.25, -0.2) is 0 Å². The predicted molar refractivity (Wildman–Crippen MR) is 386 cm³/mol. The van der Waals surface area contributed by atoms with E-state index in [9.17, 15) is 28.8 Å². The van der Waals surface area contributed by atoms with E-state index in [4.69, 9.17) is 0 Å². The van der Waals surface area contributed by atoms with Crippen LogP contribution in [0.1, 0.15) is 264 Å². The fourth-order valence-electron chi connectivity index (χ4n) is 15.8. The minimum atomic E-state index is 0.00627. The summed E-state index contributed by atoms with van der Waals surface area (Å²) in [6.45, 7) is 37.8. The fourth-order valence-corrected chi connectivity index (χ4v) is 15.8. The Morgan fingerprint density at radius 2 is 0.585 bits per heavy atom. The molecule has 7 N–H and O–H groups in total. The molecule has 4 saturated carbocycles. The summed E-state index contributed by atoms with van der Waals surface area (Å²) in [4.78, 5) is 84.0. The molecule has 6 aliphatic heterocycles. The van der Waals surface area contributed by atoms with E-state index in [1.54, 1.807) is 0 Å². The quantitative estimate of drug-likeness (QED) is 0.0976. The number of carbonyl (C=O) groups excluding carboxylic acids is 6. The summed E-state index contributed by atoms with van der Waals surface area (Å²) in [5, 5.41) is 21.8. The van der Waals surface area contributed by atoms with Crippen LogP contribution in [0.25, 0.3) is 0 Å². The average molecular weight is 1320 g/mol. The minimum absolute atomic E-state index is 0.00627. The molecule has 6 amide bonds. The zero-order valence-corrected chi connectivity index (χ0v) is 63.9. The Balaban J connectivity index is 0.000000205. The van der Waals surface area contributed by atoms with Crippen LogP contribution in [0.15, 0.2) is 0 Å². The summed E-state index contributed by atoms with van der Waals surface area (Å²) in [7, 11) is 11.3. The number of nitrogens with one attached hydrogen (secondary N) is 7. The summed E-state index contributed by atoms with van der Waals surface area (Å²) in [6.07, 6.45) is 30.0. The number of rotatable bonds is 12. The van der Waals surface area contributed by atoms with Crippen molar-refractivity contribution in [1.29, 1.82) is 0 Å². The van der Waals surface area contributed by atoms with Gasteiger partial charge in [0.15, 0.2) is 0 Å². The summed E-state index contributed by atoms with van der Waals surface area (Å²) >= 11 is 0. The molecule has 6 saturated heterocycles. The Kier molecular flexibility index (Phi) is 31.6. The molecular weight excluding hydrogens is 1180 g/mol. The molecule has 18 heteroatoms. The standard InChI is InChI=1S/C15H28N2O.C14H26N2O.C13H24N2O.C13H26N2O.C12H22N2O.C9H18N2O/c1-15(2)10-9-13(16-3)14(18)17(11-15)12-7-5-4-6-8-12;1-14(2)9-8-12(15-3)13(17)16(10-14)11-6-4-5-7-11;1-13(2)8-7-11(14-3)12(16)15(9-13)10-5-4-6-10;1-10(2)8-15-9-13(3,4)7-6-11(14-5)12(15)16;1-12(2)7-6-10(13-3)11(15)14(8-12)9-4-5-9;1-9(2)5-4-7(10-3)8(12)11-6-9/h12-13,16H,4-11H2,1-3H3;11-12,15H,4-10H2,1-3H3;10-11,14H,4-9H2,1-3H3;10-11,14H,6-9H2,1-5H3;9-10,13H,4-8H2,1-3H3;7,10H,4-6H2,1-3H3,(H,11,12). The van der Waals surface area contributed by atoms with E-state index in [2.05, 4.69) is 154 Å². The maximum Gasteiger partial charge on any atom is 0.239 e. The van der Waals surface area contributed by atoms with Gasteiger partial charge in [0.25, 0.3) is 0 Å². The molecule has 10 aliphatic rings. The number of hydrogen-bond donors (Lipinski definition) is 7. The zero-order chi connectivity index (χ0) is 70.0. The molecule has 0 aromatic heterocycles. The van der Waals surface area contributed by atoms with E-state index < -0.39 is 0 Å². The van der Waals surface area contributed by atoms with Crippen LogP contribution in [0.4, 0.5) is 0 Å². The van der Waals surface area contributed by atoms with Gasteiger partial charge in [0.2, 0.25) is 35.4 Å². The topological polar surface area (TPSA) is 203 Å². The number of amides is 6. The van der Waals surface area contributed by atoms with Gasteiger partial charge < -0.3 is 61.7 Å².